The largest absolute Gasteiger partial charge is 0.351 e. The minimum Gasteiger partial charge on any atom is -0.351 e. The van der Waals surface area contributed by atoms with Crippen LogP contribution in [-0.2, 0) is 9.59 Å². The fourth-order valence-corrected chi connectivity index (χ4v) is 3.22. The van der Waals surface area contributed by atoms with Crippen molar-refractivity contribution in [1.82, 2.24) is 15.5 Å². The first-order valence-corrected chi connectivity index (χ1v) is 8.48. The zero-order valence-corrected chi connectivity index (χ0v) is 13.9. The van der Waals surface area contributed by atoms with E-state index in [4.69, 9.17) is 0 Å². The van der Waals surface area contributed by atoms with Gasteiger partial charge in [-0.1, -0.05) is 17.7 Å². The van der Waals surface area contributed by atoms with Crippen LogP contribution in [0.15, 0.2) is 24.3 Å². The highest BCUT2D eigenvalue weighted by atomic mass is 16.2. The molecule has 0 aliphatic carbocycles. The fraction of sp³-hybridized carbons (Fsp3) is 0.500. The van der Waals surface area contributed by atoms with Gasteiger partial charge < -0.3 is 15.5 Å². The summed E-state index contributed by atoms with van der Waals surface area (Å²) in [6.45, 7) is 3.26. The van der Waals surface area contributed by atoms with Crippen molar-refractivity contribution in [2.24, 2.45) is 0 Å². The molecule has 24 heavy (non-hydrogen) atoms. The first kappa shape index (κ1) is 16.5. The van der Waals surface area contributed by atoms with E-state index in [1.807, 2.05) is 36.1 Å². The molecule has 2 heterocycles. The highest BCUT2D eigenvalue weighted by molar-refractivity contribution is 5.94. The molecule has 3 amide bonds. The van der Waals surface area contributed by atoms with Crippen LogP contribution < -0.4 is 10.6 Å². The lowest BCUT2D eigenvalue weighted by atomic mass is 10.0. The van der Waals surface area contributed by atoms with E-state index in [1.165, 1.54) is 0 Å². The highest BCUT2D eigenvalue weighted by Gasteiger charge is 2.30. The lowest BCUT2D eigenvalue weighted by Gasteiger charge is -2.33. The third kappa shape index (κ3) is 3.75. The van der Waals surface area contributed by atoms with Gasteiger partial charge in [0.1, 0.15) is 6.04 Å². The maximum atomic E-state index is 12.5. The molecular formula is C18H23N3O3. The molecule has 0 spiro atoms. The first-order chi connectivity index (χ1) is 11.5. The lowest BCUT2D eigenvalue weighted by Crippen LogP contribution is -2.50. The Hall–Kier alpha value is -2.37. The average molecular weight is 329 g/mol. The van der Waals surface area contributed by atoms with E-state index >= 15 is 0 Å². The molecule has 2 fully saturated rings. The number of nitrogens with zero attached hydrogens (tertiary/aromatic N) is 1. The normalized spacial score (nSPS) is 21.5. The Morgan fingerprint density at radius 1 is 1.12 bits per heavy atom. The van der Waals surface area contributed by atoms with E-state index in [-0.39, 0.29) is 23.8 Å². The second kappa shape index (κ2) is 7.03. The summed E-state index contributed by atoms with van der Waals surface area (Å²) in [5.41, 5.74) is 1.84. The molecule has 2 N–H and O–H groups in total. The number of nitrogens with one attached hydrogen (secondary N) is 2. The predicted molar refractivity (Wildman–Crippen MR) is 89.4 cm³/mol. The third-order valence-corrected chi connectivity index (χ3v) is 4.74. The Kier molecular flexibility index (Phi) is 4.83. The summed E-state index contributed by atoms with van der Waals surface area (Å²) in [6, 6.07) is 7.26. The van der Waals surface area contributed by atoms with Crippen molar-refractivity contribution in [3.05, 3.63) is 35.4 Å². The lowest BCUT2D eigenvalue weighted by molar-refractivity contribution is -0.126. The van der Waals surface area contributed by atoms with Crippen molar-refractivity contribution in [3.63, 3.8) is 0 Å². The Labute approximate surface area is 141 Å². The zero-order valence-electron chi connectivity index (χ0n) is 13.9. The van der Waals surface area contributed by atoms with Crippen molar-refractivity contribution < 1.29 is 14.4 Å². The number of piperidine rings is 1. The Morgan fingerprint density at radius 2 is 1.79 bits per heavy atom. The van der Waals surface area contributed by atoms with Gasteiger partial charge in [0.05, 0.1) is 0 Å². The van der Waals surface area contributed by atoms with Crippen molar-refractivity contribution >= 4 is 17.7 Å². The number of rotatable bonds is 3. The summed E-state index contributed by atoms with van der Waals surface area (Å²) in [7, 11) is 0. The highest BCUT2D eigenvalue weighted by Crippen LogP contribution is 2.15. The molecule has 0 aromatic heterocycles. The number of benzene rings is 1. The second-order valence-electron chi connectivity index (χ2n) is 6.60. The van der Waals surface area contributed by atoms with Crippen LogP contribution >= 0.6 is 0 Å². The second-order valence-corrected chi connectivity index (χ2v) is 6.60. The molecule has 0 radical (unpaired) electrons. The average Bonchev–Trinajstić information content (AvgIpc) is 3.02. The van der Waals surface area contributed by atoms with E-state index in [0.29, 0.717) is 31.5 Å². The molecule has 2 aliphatic heterocycles. The molecule has 1 atom stereocenters. The number of carbonyl (C=O) groups excluding carboxylic acids is 3. The zero-order chi connectivity index (χ0) is 17.1. The van der Waals surface area contributed by atoms with Gasteiger partial charge >= 0.3 is 0 Å². The standard InChI is InChI=1S/C18H23N3O3/c1-12-2-4-13(5-3-12)18(24)21-10-8-14(9-11-21)19-17(23)15-6-7-16(22)20-15/h2-5,14-15H,6-11H2,1H3,(H,19,23)(H,20,22). The monoisotopic (exact) mass is 329 g/mol. The van der Waals surface area contributed by atoms with Gasteiger partial charge in [-0.05, 0) is 38.3 Å². The molecule has 1 aromatic rings. The number of hydrogen-bond acceptors (Lipinski definition) is 3. The Morgan fingerprint density at radius 3 is 2.38 bits per heavy atom. The minimum absolute atomic E-state index is 0.0443. The van der Waals surface area contributed by atoms with Gasteiger partial charge in [-0.25, -0.2) is 0 Å². The molecule has 1 unspecified atom stereocenters. The molecule has 3 rings (SSSR count). The summed E-state index contributed by atoms with van der Waals surface area (Å²) in [4.78, 5) is 37.6. The van der Waals surface area contributed by atoms with Crippen LogP contribution in [0.3, 0.4) is 0 Å². The van der Waals surface area contributed by atoms with Gasteiger partial charge in [0.15, 0.2) is 0 Å². The van der Waals surface area contributed by atoms with Gasteiger partial charge in [0, 0.05) is 31.1 Å². The van der Waals surface area contributed by atoms with Crippen LogP contribution in [0.2, 0.25) is 0 Å². The van der Waals surface area contributed by atoms with Crippen molar-refractivity contribution in [3.8, 4) is 0 Å². The van der Waals surface area contributed by atoms with Crippen LogP contribution in [0.4, 0.5) is 0 Å². The first-order valence-electron chi connectivity index (χ1n) is 8.48. The Balaban J connectivity index is 1.48. The van der Waals surface area contributed by atoms with Crippen molar-refractivity contribution in [2.75, 3.05) is 13.1 Å². The van der Waals surface area contributed by atoms with Gasteiger partial charge in [-0.2, -0.15) is 0 Å². The molecule has 2 saturated heterocycles. The van der Waals surface area contributed by atoms with Gasteiger partial charge in [-0.15, -0.1) is 0 Å². The number of carbonyl (C=O) groups is 3. The fourth-order valence-electron chi connectivity index (χ4n) is 3.22. The number of likely N-dealkylation sites (tertiary alicyclic amines) is 1. The molecule has 0 bridgehead atoms. The number of aryl methyl sites for hydroxylation is 1. The van der Waals surface area contributed by atoms with Crippen LogP contribution in [-0.4, -0.2) is 47.8 Å². The topological polar surface area (TPSA) is 78.5 Å². The molecular weight excluding hydrogens is 306 g/mol. The van der Waals surface area contributed by atoms with E-state index in [1.54, 1.807) is 0 Å². The van der Waals surface area contributed by atoms with E-state index in [9.17, 15) is 14.4 Å². The summed E-state index contributed by atoms with van der Waals surface area (Å²) >= 11 is 0. The number of amides is 3. The van der Waals surface area contributed by atoms with E-state index in [2.05, 4.69) is 10.6 Å². The predicted octanol–water partition coefficient (Wildman–Crippen LogP) is 0.994. The van der Waals surface area contributed by atoms with Crippen molar-refractivity contribution in [1.29, 1.82) is 0 Å². The molecule has 1 aromatic carbocycles. The van der Waals surface area contributed by atoms with Crippen LogP contribution in [0.25, 0.3) is 0 Å². The van der Waals surface area contributed by atoms with Crippen molar-refractivity contribution in [2.45, 2.75) is 44.7 Å². The SMILES string of the molecule is Cc1ccc(C(=O)N2CCC(NC(=O)C3CCC(=O)N3)CC2)cc1. The maximum absolute atomic E-state index is 12.5. The van der Waals surface area contributed by atoms with Crippen LogP contribution in [0.5, 0.6) is 0 Å². The molecule has 6 nitrogen and oxygen atoms in total. The molecule has 0 saturated carbocycles. The van der Waals surface area contributed by atoms with E-state index < -0.39 is 6.04 Å². The summed E-state index contributed by atoms with van der Waals surface area (Å²) in [5, 5.41) is 5.68. The summed E-state index contributed by atoms with van der Waals surface area (Å²) in [6.07, 6.45) is 2.46. The quantitative estimate of drug-likeness (QED) is 0.868. The van der Waals surface area contributed by atoms with Gasteiger partial charge in [-0.3, -0.25) is 14.4 Å². The summed E-state index contributed by atoms with van der Waals surface area (Å²) < 4.78 is 0. The Bertz CT molecular complexity index is 633. The number of hydrogen-bond donors (Lipinski definition) is 2. The molecule has 6 heteroatoms. The van der Waals surface area contributed by atoms with Gasteiger partial charge in [0.25, 0.3) is 5.91 Å². The van der Waals surface area contributed by atoms with Crippen LogP contribution in [0, 0.1) is 6.92 Å². The van der Waals surface area contributed by atoms with Gasteiger partial charge in [0.2, 0.25) is 11.8 Å². The minimum atomic E-state index is -0.398. The maximum Gasteiger partial charge on any atom is 0.253 e. The third-order valence-electron chi connectivity index (χ3n) is 4.74. The summed E-state index contributed by atoms with van der Waals surface area (Å²) in [5.74, 6) is -0.124. The van der Waals surface area contributed by atoms with Crippen LogP contribution in [0.1, 0.15) is 41.6 Å². The van der Waals surface area contributed by atoms with E-state index in [0.717, 1.165) is 18.4 Å². The smallest absolute Gasteiger partial charge is 0.253 e. The molecule has 128 valence electrons. The molecule has 2 aliphatic rings.